The minimum absolute atomic E-state index is 0.0223. The molecule has 0 fully saturated rings. The summed E-state index contributed by atoms with van der Waals surface area (Å²) in [6, 6.07) is 9.96. The van der Waals surface area contributed by atoms with Crippen LogP contribution < -0.4 is 14.8 Å². The summed E-state index contributed by atoms with van der Waals surface area (Å²) in [7, 11) is 1.56. The lowest BCUT2D eigenvalue weighted by molar-refractivity contribution is -0.384. The lowest BCUT2D eigenvalue weighted by Crippen LogP contribution is -2.05. The molecular formula is C13H10N2O4. The van der Waals surface area contributed by atoms with Gasteiger partial charge in [0.15, 0.2) is 17.2 Å². The van der Waals surface area contributed by atoms with Crippen LogP contribution in [-0.4, -0.2) is 12.0 Å². The molecule has 0 saturated carbocycles. The number of hydrogen-bond donors (Lipinski definition) is 1. The number of nitrogens with zero attached hydrogens (tertiary/aromatic N) is 1. The number of para-hydroxylation sites is 1. The maximum absolute atomic E-state index is 11.0. The van der Waals surface area contributed by atoms with Crippen LogP contribution in [0.1, 0.15) is 0 Å². The van der Waals surface area contributed by atoms with Gasteiger partial charge in [-0.15, -0.1) is 0 Å². The molecule has 0 aromatic heterocycles. The molecule has 0 amide bonds. The normalized spacial score (nSPS) is 11.6. The van der Waals surface area contributed by atoms with Crippen molar-refractivity contribution in [2.45, 2.75) is 0 Å². The van der Waals surface area contributed by atoms with Crippen molar-refractivity contribution in [1.29, 1.82) is 0 Å². The maximum Gasteiger partial charge on any atom is 0.296 e. The number of anilines is 2. The Balaban J connectivity index is 2.09. The zero-order valence-electron chi connectivity index (χ0n) is 10.0. The molecule has 96 valence electrons. The van der Waals surface area contributed by atoms with Gasteiger partial charge in [-0.1, -0.05) is 6.07 Å². The molecule has 1 aliphatic rings. The van der Waals surface area contributed by atoms with Crippen molar-refractivity contribution in [3.05, 3.63) is 46.5 Å². The first-order valence-corrected chi connectivity index (χ1v) is 5.59. The van der Waals surface area contributed by atoms with E-state index in [4.69, 9.17) is 9.47 Å². The van der Waals surface area contributed by atoms with Gasteiger partial charge in [0, 0.05) is 12.1 Å². The third-order valence-electron chi connectivity index (χ3n) is 2.87. The van der Waals surface area contributed by atoms with Gasteiger partial charge in [-0.2, -0.15) is 0 Å². The minimum atomic E-state index is -0.444. The second-order valence-corrected chi connectivity index (χ2v) is 4.00. The Morgan fingerprint density at radius 2 is 2.11 bits per heavy atom. The summed E-state index contributed by atoms with van der Waals surface area (Å²) in [4.78, 5) is 10.5. The minimum Gasteiger partial charge on any atom is -0.497 e. The average molecular weight is 258 g/mol. The first-order valence-electron chi connectivity index (χ1n) is 5.59. The van der Waals surface area contributed by atoms with Crippen LogP contribution in [0, 0.1) is 10.1 Å². The largest absolute Gasteiger partial charge is 0.497 e. The van der Waals surface area contributed by atoms with Gasteiger partial charge in [-0.05, 0) is 18.2 Å². The van der Waals surface area contributed by atoms with E-state index >= 15 is 0 Å². The molecule has 1 heterocycles. The van der Waals surface area contributed by atoms with Gasteiger partial charge in [-0.25, -0.2) is 0 Å². The van der Waals surface area contributed by atoms with Crippen molar-refractivity contribution >= 4 is 17.1 Å². The summed E-state index contributed by atoms with van der Waals surface area (Å²) in [5, 5.41) is 14.0. The van der Waals surface area contributed by atoms with E-state index in [1.165, 1.54) is 6.07 Å². The molecule has 6 heteroatoms. The van der Waals surface area contributed by atoms with Crippen LogP contribution >= 0.6 is 0 Å². The molecule has 0 bridgehead atoms. The predicted octanol–water partition coefficient (Wildman–Crippen LogP) is 3.45. The first kappa shape index (κ1) is 11.3. The van der Waals surface area contributed by atoms with E-state index in [-0.39, 0.29) is 5.69 Å². The van der Waals surface area contributed by atoms with Crippen molar-refractivity contribution in [2.24, 2.45) is 0 Å². The molecule has 1 N–H and O–H groups in total. The summed E-state index contributed by atoms with van der Waals surface area (Å²) in [6.45, 7) is 0. The van der Waals surface area contributed by atoms with Gasteiger partial charge in [0.2, 0.25) is 0 Å². The number of fused-ring (bicyclic) bond motifs is 2. The second kappa shape index (κ2) is 4.16. The molecule has 1 aliphatic heterocycles. The molecule has 6 nitrogen and oxygen atoms in total. The van der Waals surface area contributed by atoms with Crippen molar-refractivity contribution in [3.63, 3.8) is 0 Å². The third-order valence-corrected chi connectivity index (χ3v) is 2.87. The van der Waals surface area contributed by atoms with E-state index in [1.54, 1.807) is 37.4 Å². The van der Waals surface area contributed by atoms with Crippen LogP contribution in [0.3, 0.4) is 0 Å². The smallest absolute Gasteiger partial charge is 0.296 e. The first-order chi connectivity index (χ1) is 9.19. The highest BCUT2D eigenvalue weighted by molar-refractivity contribution is 5.82. The van der Waals surface area contributed by atoms with E-state index in [0.717, 1.165) is 0 Å². The van der Waals surface area contributed by atoms with Crippen LogP contribution in [-0.2, 0) is 0 Å². The number of nitrogens with one attached hydrogen (secondary N) is 1. The number of rotatable bonds is 2. The van der Waals surface area contributed by atoms with Gasteiger partial charge < -0.3 is 14.8 Å². The van der Waals surface area contributed by atoms with E-state index in [9.17, 15) is 10.1 Å². The van der Waals surface area contributed by atoms with Crippen molar-refractivity contribution in [3.8, 4) is 17.2 Å². The quantitative estimate of drug-likeness (QED) is 0.563. The topological polar surface area (TPSA) is 73.6 Å². The number of ether oxygens (including phenoxy) is 2. The average Bonchev–Trinajstić information content (AvgIpc) is 2.43. The molecule has 2 aromatic rings. The maximum atomic E-state index is 11.0. The van der Waals surface area contributed by atoms with E-state index < -0.39 is 4.92 Å². The third kappa shape index (κ3) is 1.83. The van der Waals surface area contributed by atoms with Crippen LogP contribution in [0.4, 0.5) is 17.1 Å². The molecule has 0 saturated heterocycles. The number of hydrogen-bond acceptors (Lipinski definition) is 5. The zero-order chi connectivity index (χ0) is 13.4. The van der Waals surface area contributed by atoms with E-state index in [2.05, 4.69) is 5.32 Å². The summed E-state index contributed by atoms with van der Waals surface area (Å²) in [6.07, 6.45) is 0. The van der Waals surface area contributed by atoms with Crippen LogP contribution in [0.5, 0.6) is 17.2 Å². The van der Waals surface area contributed by atoms with Gasteiger partial charge in [0.1, 0.15) is 5.75 Å². The summed E-state index contributed by atoms with van der Waals surface area (Å²) < 4.78 is 10.8. The lowest BCUT2D eigenvalue weighted by atomic mass is 10.2. The second-order valence-electron chi connectivity index (χ2n) is 4.00. The molecule has 2 aromatic carbocycles. The molecule has 0 radical (unpaired) electrons. The fraction of sp³-hybridized carbons (Fsp3) is 0.0769. The number of methoxy groups -OCH3 is 1. The Labute approximate surface area is 108 Å². The van der Waals surface area contributed by atoms with Gasteiger partial charge in [0.05, 0.1) is 17.7 Å². The van der Waals surface area contributed by atoms with Crippen LogP contribution in [0.25, 0.3) is 0 Å². The number of nitro groups is 1. The van der Waals surface area contributed by atoms with Gasteiger partial charge in [0.25, 0.3) is 5.69 Å². The Kier molecular flexibility index (Phi) is 2.49. The SMILES string of the molecule is COc1ccc2c(c1)Nc1c(cccc1[N+](=O)[O-])O2. The predicted molar refractivity (Wildman–Crippen MR) is 69.4 cm³/mol. The fourth-order valence-electron chi connectivity index (χ4n) is 1.96. The van der Waals surface area contributed by atoms with Crippen molar-refractivity contribution in [1.82, 2.24) is 0 Å². The molecular weight excluding hydrogens is 248 g/mol. The molecule has 0 atom stereocenters. The van der Waals surface area contributed by atoms with E-state index in [0.29, 0.717) is 28.6 Å². The van der Waals surface area contributed by atoms with Crippen LogP contribution in [0.15, 0.2) is 36.4 Å². The summed E-state index contributed by atoms with van der Waals surface area (Å²) >= 11 is 0. The number of benzene rings is 2. The molecule has 19 heavy (non-hydrogen) atoms. The van der Waals surface area contributed by atoms with Gasteiger partial charge in [-0.3, -0.25) is 10.1 Å². The number of nitro benzene ring substituents is 1. The molecule has 0 unspecified atom stereocenters. The zero-order valence-corrected chi connectivity index (χ0v) is 10.0. The molecule has 0 aliphatic carbocycles. The Morgan fingerprint density at radius 3 is 2.84 bits per heavy atom. The summed E-state index contributed by atoms with van der Waals surface area (Å²) in [5.41, 5.74) is 0.973. The lowest BCUT2D eigenvalue weighted by Gasteiger charge is -2.21. The molecule has 0 spiro atoms. The van der Waals surface area contributed by atoms with Crippen LogP contribution in [0.2, 0.25) is 0 Å². The van der Waals surface area contributed by atoms with Gasteiger partial charge >= 0.3 is 0 Å². The van der Waals surface area contributed by atoms with E-state index in [1.807, 2.05) is 0 Å². The standard InChI is InChI=1S/C13H10N2O4/c1-18-8-5-6-11-9(7-8)14-13-10(15(16)17)3-2-4-12(13)19-11/h2-7,14H,1H3. The highest BCUT2D eigenvalue weighted by Crippen LogP contribution is 2.46. The monoisotopic (exact) mass is 258 g/mol. The Hall–Kier alpha value is -2.76. The highest BCUT2D eigenvalue weighted by atomic mass is 16.6. The summed E-state index contributed by atoms with van der Waals surface area (Å²) in [5.74, 6) is 1.69. The van der Waals surface area contributed by atoms with Crippen molar-refractivity contribution < 1.29 is 14.4 Å². The van der Waals surface area contributed by atoms with Crippen molar-refractivity contribution in [2.75, 3.05) is 12.4 Å². The Morgan fingerprint density at radius 1 is 1.26 bits per heavy atom. The highest BCUT2D eigenvalue weighted by Gasteiger charge is 2.24. The molecule has 3 rings (SSSR count). The fourth-order valence-corrected chi connectivity index (χ4v) is 1.96. The Bertz CT molecular complexity index is 670.